The Morgan fingerprint density at radius 1 is 1.56 bits per heavy atom. The van der Waals surface area contributed by atoms with Crippen molar-refractivity contribution in [2.45, 2.75) is 25.8 Å². The van der Waals surface area contributed by atoms with E-state index in [0.717, 1.165) is 31.5 Å². The van der Waals surface area contributed by atoms with E-state index < -0.39 is 0 Å². The topological polar surface area (TPSA) is 52.6 Å². The van der Waals surface area contributed by atoms with Crippen LogP contribution in [-0.4, -0.2) is 42.1 Å². The molecule has 1 aromatic carbocycles. The molecular weight excluding hydrogens is 228 g/mol. The van der Waals surface area contributed by atoms with Crippen LogP contribution in [0.2, 0.25) is 0 Å². The minimum atomic E-state index is -0.0646. The fraction of sp³-hybridized carbons (Fsp3) is 0.500. The first kappa shape index (κ1) is 12.9. The maximum atomic E-state index is 12.4. The molecule has 4 nitrogen and oxygen atoms in total. The monoisotopic (exact) mass is 248 g/mol. The molecule has 0 saturated carbocycles. The quantitative estimate of drug-likeness (QED) is 0.853. The summed E-state index contributed by atoms with van der Waals surface area (Å²) >= 11 is 0. The molecule has 98 valence electrons. The smallest absolute Gasteiger partial charge is 0.257 e. The van der Waals surface area contributed by atoms with Crippen LogP contribution in [0.1, 0.15) is 28.8 Å². The lowest BCUT2D eigenvalue weighted by Gasteiger charge is -2.25. The molecule has 1 saturated heterocycles. The number of carbonyl (C=O) groups is 1. The zero-order chi connectivity index (χ0) is 13.1. The van der Waals surface area contributed by atoms with E-state index >= 15 is 0 Å². The van der Waals surface area contributed by atoms with Crippen LogP contribution in [0.4, 0.5) is 0 Å². The third kappa shape index (κ3) is 2.48. The first-order chi connectivity index (χ1) is 8.63. The Kier molecular flexibility index (Phi) is 3.87. The summed E-state index contributed by atoms with van der Waals surface area (Å²) in [6.45, 7) is 3.48. The van der Waals surface area contributed by atoms with Crippen molar-refractivity contribution >= 4 is 5.91 Å². The summed E-state index contributed by atoms with van der Waals surface area (Å²) in [5.74, 6) is 0.0142. The second-order valence-corrected chi connectivity index (χ2v) is 4.87. The maximum absolute atomic E-state index is 12.4. The molecule has 18 heavy (non-hydrogen) atoms. The van der Waals surface area contributed by atoms with Crippen molar-refractivity contribution in [2.24, 2.45) is 0 Å². The first-order valence-electron chi connectivity index (χ1n) is 6.38. The van der Waals surface area contributed by atoms with Gasteiger partial charge in [-0.1, -0.05) is 6.07 Å². The zero-order valence-electron chi connectivity index (χ0n) is 10.9. The number of aryl methyl sites for hydroxylation is 1. The Labute approximate surface area is 108 Å². The van der Waals surface area contributed by atoms with Gasteiger partial charge in [-0.15, -0.1) is 0 Å². The largest absolute Gasteiger partial charge is 0.507 e. The number of likely N-dealkylation sites (N-methyl/N-ethyl adjacent to an activating group) is 1. The summed E-state index contributed by atoms with van der Waals surface area (Å²) in [5.41, 5.74) is 1.36. The molecule has 0 aliphatic carbocycles. The van der Waals surface area contributed by atoms with E-state index in [4.69, 9.17) is 0 Å². The van der Waals surface area contributed by atoms with Crippen molar-refractivity contribution < 1.29 is 9.90 Å². The van der Waals surface area contributed by atoms with Gasteiger partial charge in [-0.05, 0) is 44.5 Å². The maximum Gasteiger partial charge on any atom is 0.257 e. The number of likely N-dealkylation sites (tertiary alicyclic amines) is 1. The van der Waals surface area contributed by atoms with Gasteiger partial charge in [-0.25, -0.2) is 0 Å². The van der Waals surface area contributed by atoms with Crippen molar-refractivity contribution in [3.8, 4) is 5.75 Å². The van der Waals surface area contributed by atoms with Gasteiger partial charge in [0.2, 0.25) is 0 Å². The third-order valence-electron chi connectivity index (χ3n) is 3.46. The Bertz CT molecular complexity index is 445. The van der Waals surface area contributed by atoms with Crippen LogP contribution in [0.15, 0.2) is 18.2 Å². The number of hydrogen-bond donors (Lipinski definition) is 2. The highest BCUT2D eigenvalue weighted by Crippen LogP contribution is 2.25. The molecule has 1 fully saturated rings. The fourth-order valence-electron chi connectivity index (χ4n) is 2.53. The zero-order valence-corrected chi connectivity index (χ0v) is 10.9. The van der Waals surface area contributed by atoms with E-state index in [9.17, 15) is 9.90 Å². The number of aromatic hydroxyl groups is 1. The van der Waals surface area contributed by atoms with Crippen LogP contribution in [0.25, 0.3) is 0 Å². The Morgan fingerprint density at radius 2 is 2.33 bits per heavy atom. The molecule has 1 aliphatic rings. The van der Waals surface area contributed by atoms with Gasteiger partial charge in [0.1, 0.15) is 5.75 Å². The number of phenolic OH excluding ortho intramolecular Hbond substituents is 1. The van der Waals surface area contributed by atoms with E-state index in [2.05, 4.69) is 5.32 Å². The number of amides is 1. The number of rotatable bonds is 3. The van der Waals surface area contributed by atoms with Gasteiger partial charge >= 0.3 is 0 Å². The van der Waals surface area contributed by atoms with E-state index in [1.807, 2.05) is 24.9 Å². The minimum absolute atomic E-state index is 0.0646. The van der Waals surface area contributed by atoms with Gasteiger partial charge in [0.05, 0.1) is 5.56 Å². The normalized spacial score (nSPS) is 19.2. The highest BCUT2D eigenvalue weighted by molar-refractivity contribution is 5.97. The molecule has 0 aromatic heterocycles. The lowest BCUT2D eigenvalue weighted by Crippen LogP contribution is -2.40. The average Bonchev–Trinajstić information content (AvgIpc) is 2.77. The number of carbonyl (C=O) groups excluding carboxylic acids is 1. The molecular formula is C14H20N2O2. The summed E-state index contributed by atoms with van der Waals surface area (Å²) in [4.78, 5) is 14.3. The number of nitrogens with zero attached hydrogens (tertiary/aromatic N) is 1. The Hall–Kier alpha value is -1.55. The van der Waals surface area contributed by atoms with Crippen molar-refractivity contribution in [2.75, 3.05) is 20.1 Å². The second-order valence-electron chi connectivity index (χ2n) is 4.87. The average molecular weight is 248 g/mol. The molecule has 2 N–H and O–H groups in total. The number of hydrogen-bond acceptors (Lipinski definition) is 3. The van der Waals surface area contributed by atoms with E-state index in [1.165, 1.54) is 0 Å². The van der Waals surface area contributed by atoms with Gasteiger partial charge < -0.3 is 15.3 Å². The molecule has 0 spiro atoms. The van der Waals surface area contributed by atoms with Gasteiger partial charge in [-0.2, -0.15) is 0 Å². The first-order valence-corrected chi connectivity index (χ1v) is 6.38. The van der Waals surface area contributed by atoms with Crippen LogP contribution in [0, 0.1) is 6.92 Å². The van der Waals surface area contributed by atoms with Gasteiger partial charge in [0.15, 0.2) is 0 Å². The van der Waals surface area contributed by atoms with Gasteiger partial charge in [0.25, 0.3) is 5.91 Å². The fourth-order valence-corrected chi connectivity index (χ4v) is 2.53. The van der Waals surface area contributed by atoms with Crippen molar-refractivity contribution in [3.05, 3.63) is 29.3 Å². The predicted molar refractivity (Wildman–Crippen MR) is 70.8 cm³/mol. The summed E-state index contributed by atoms with van der Waals surface area (Å²) in [6, 6.07) is 5.44. The molecule has 1 amide bonds. The van der Waals surface area contributed by atoms with Crippen molar-refractivity contribution in [1.82, 2.24) is 10.2 Å². The third-order valence-corrected chi connectivity index (χ3v) is 3.46. The van der Waals surface area contributed by atoms with Crippen molar-refractivity contribution in [3.63, 3.8) is 0 Å². The highest BCUT2D eigenvalue weighted by Gasteiger charge is 2.29. The number of phenols is 1. The molecule has 4 heteroatoms. The Balaban J connectivity index is 2.20. The standard InChI is InChI=1S/C14H20N2O2/c1-10-5-6-12(13(17)8-10)14(18)16-7-3-4-11(16)9-15-2/h5-6,8,11,15,17H,3-4,7,9H2,1-2H3. The van der Waals surface area contributed by atoms with Gasteiger partial charge in [-0.3, -0.25) is 4.79 Å². The SMILES string of the molecule is CNCC1CCCN1C(=O)c1ccc(C)cc1O. The molecule has 2 rings (SSSR count). The second kappa shape index (κ2) is 5.40. The molecule has 0 bridgehead atoms. The van der Waals surface area contributed by atoms with Crippen LogP contribution in [0.3, 0.4) is 0 Å². The van der Waals surface area contributed by atoms with E-state index in [1.54, 1.807) is 12.1 Å². The minimum Gasteiger partial charge on any atom is -0.507 e. The summed E-state index contributed by atoms with van der Waals surface area (Å²) in [7, 11) is 1.89. The van der Waals surface area contributed by atoms with Crippen LogP contribution < -0.4 is 5.32 Å². The predicted octanol–water partition coefficient (Wildman–Crippen LogP) is 1.52. The summed E-state index contributed by atoms with van der Waals surface area (Å²) in [6.07, 6.45) is 2.06. The van der Waals surface area contributed by atoms with Gasteiger partial charge in [0, 0.05) is 19.1 Å². The number of benzene rings is 1. The van der Waals surface area contributed by atoms with Crippen LogP contribution in [-0.2, 0) is 0 Å². The van der Waals surface area contributed by atoms with E-state index in [0.29, 0.717) is 5.56 Å². The van der Waals surface area contributed by atoms with Crippen molar-refractivity contribution in [1.29, 1.82) is 0 Å². The highest BCUT2D eigenvalue weighted by atomic mass is 16.3. The molecule has 1 heterocycles. The van der Waals surface area contributed by atoms with E-state index in [-0.39, 0.29) is 17.7 Å². The number of nitrogens with one attached hydrogen (secondary N) is 1. The molecule has 0 radical (unpaired) electrons. The molecule has 1 atom stereocenters. The lowest BCUT2D eigenvalue weighted by atomic mass is 10.1. The molecule has 1 aromatic rings. The van der Waals surface area contributed by atoms with Crippen LogP contribution in [0.5, 0.6) is 5.75 Å². The summed E-state index contributed by atoms with van der Waals surface area (Å²) in [5, 5.41) is 13.0. The lowest BCUT2D eigenvalue weighted by molar-refractivity contribution is 0.0734. The summed E-state index contributed by atoms with van der Waals surface area (Å²) < 4.78 is 0. The molecule has 1 unspecified atom stereocenters. The van der Waals surface area contributed by atoms with Crippen LogP contribution >= 0.6 is 0 Å². The Morgan fingerprint density at radius 3 is 3.00 bits per heavy atom. The molecule has 1 aliphatic heterocycles.